The van der Waals surface area contributed by atoms with E-state index in [0.717, 1.165) is 17.0 Å². The van der Waals surface area contributed by atoms with Crippen LogP contribution in [0.3, 0.4) is 0 Å². The standard InChI is InChI=1S/C23H25N5O2S/c1-23(2,3)17-9-11-19(12-10-17)29-14-20-26-27-22(28(20)24)31-15-18-13-30-21(25-18)16-7-5-4-6-8-16/h4-13H,14-15,24H2,1-3H3. The predicted octanol–water partition coefficient (Wildman–Crippen LogP) is 4.82. The van der Waals surface area contributed by atoms with Crippen molar-refractivity contribution in [1.29, 1.82) is 0 Å². The average Bonchev–Trinajstić information content (AvgIpc) is 3.38. The van der Waals surface area contributed by atoms with Gasteiger partial charge in [-0.3, -0.25) is 0 Å². The van der Waals surface area contributed by atoms with Crippen LogP contribution in [0, 0.1) is 0 Å². The first-order valence-electron chi connectivity index (χ1n) is 9.95. The maximum absolute atomic E-state index is 6.16. The number of ether oxygens (including phenoxy) is 1. The van der Waals surface area contributed by atoms with Gasteiger partial charge in [0.05, 0.1) is 5.69 Å². The molecular weight excluding hydrogens is 410 g/mol. The minimum Gasteiger partial charge on any atom is -0.486 e. The molecule has 2 aromatic heterocycles. The molecule has 8 heteroatoms. The number of rotatable bonds is 7. The lowest BCUT2D eigenvalue weighted by Gasteiger charge is -2.19. The molecule has 0 saturated heterocycles. The van der Waals surface area contributed by atoms with E-state index in [1.807, 2.05) is 42.5 Å². The predicted molar refractivity (Wildman–Crippen MR) is 121 cm³/mol. The normalized spacial score (nSPS) is 11.6. The Hall–Kier alpha value is -3.26. The van der Waals surface area contributed by atoms with Crippen molar-refractivity contribution in [1.82, 2.24) is 19.9 Å². The van der Waals surface area contributed by atoms with Gasteiger partial charge in [0.1, 0.15) is 18.6 Å². The van der Waals surface area contributed by atoms with Crippen LogP contribution in [0.4, 0.5) is 0 Å². The number of hydrogen-bond acceptors (Lipinski definition) is 7. The molecule has 0 fully saturated rings. The zero-order valence-electron chi connectivity index (χ0n) is 17.8. The SMILES string of the molecule is CC(C)(C)c1ccc(OCc2nnc(SCc3coc(-c4ccccc4)n3)n2N)cc1. The van der Waals surface area contributed by atoms with E-state index in [-0.39, 0.29) is 12.0 Å². The van der Waals surface area contributed by atoms with Crippen LogP contribution >= 0.6 is 11.8 Å². The molecule has 2 N–H and O–H groups in total. The average molecular weight is 436 g/mol. The van der Waals surface area contributed by atoms with Crippen LogP contribution in [-0.2, 0) is 17.8 Å². The molecule has 4 rings (SSSR count). The zero-order chi connectivity index (χ0) is 21.8. The lowest BCUT2D eigenvalue weighted by atomic mass is 9.87. The molecule has 0 saturated carbocycles. The van der Waals surface area contributed by atoms with Gasteiger partial charge in [-0.25, -0.2) is 9.66 Å². The number of nitrogens with two attached hydrogens (primary N) is 1. The second-order valence-corrected chi connectivity index (χ2v) is 9.07. The smallest absolute Gasteiger partial charge is 0.226 e. The Kier molecular flexibility index (Phi) is 5.99. The second-order valence-electron chi connectivity index (χ2n) is 8.13. The summed E-state index contributed by atoms with van der Waals surface area (Å²) in [6.45, 7) is 6.78. The summed E-state index contributed by atoms with van der Waals surface area (Å²) in [7, 11) is 0. The summed E-state index contributed by atoms with van der Waals surface area (Å²) in [5, 5.41) is 8.91. The van der Waals surface area contributed by atoms with Gasteiger partial charge >= 0.3 is 0 Å². The molecule has 0 radical (unpaired) electrons. The van der Waals surface area contributed by atoms with Gasteiger partial charge in [-0.2, -0.15) is 0 Å². The van der Waals surface area contributed by atoms with Crippen molar-refractivity contribution in [2.24, 2.45) is 0 Å². The first kappa shape index (κ1) is 21.0. The third kappa shape index (κ3) is 5.08. The van der Waals surface area contributed by atoms with Crippen molar-refractivity contribution < 1.29 is 9.15 Å². The molecule has 0 unspecified atom stereocenters. The van der Waals surface area contributed by atoms with E-state index >= 15 is 0 Å². The number of thioether (sulfide) groups is 1. The van der Waals surface area contributed by atoms with Gasteiger partial charge < -0.3 is 15.0 Å². The number of aromatic nitrogens is 4. The van der Waals surface area contributed by atoms with Crippen molar-refractivity contribution in [3.63, 3.8) is 0 Å². The largest absolute Gasteiger partial charge is 0.486 e. The second kappa shape index (κ2) is 8.85. The fourth-order valence-electron chi connectivity index (χ4n) is 2.93. The molecule has 0 aliphatic rings. The molecule has 160 valence electrons. The van der Waals surface area contributed by atoms with Gasteiger partial charge in [0.25, 0.3) is 0 Å². The van der Waals surface area contributed by atoms with Gasteiger partial charge in [-0.15, -0.1) is 10.2 Å². The van der Waals surface area contributed by atoms with E-state index < -0.39 is 0 Å². The highest BCUT2D eigenvalue weighted by Crippen LogP contribution is 2.26. The summed E-state index contributed by atoms with van der Waals surface area (Å²) in [6.07, 6.45) is 1.65. The highest BCUT2D eigenvalue weighted by atomic mass is 32.2. The quantitative estimate of drug-likeness (QED) is 0.329. The van der Waals surface area contributed by atoms with Crippen molar-refractivity contribution >= 4 is 11.8 Å². The van der Waals surface area contributed by atoms with Gasteiger partial charge in [0.2, 0.25) is 11.0 Å². The van der Waals surface area contributed by atoms with Crippen LogP contribution in [0.25, 0.3) is 11.5 Å². The molecule has 0 aliphatic heterocycles. The van der Waals surface area contributed by atoms with Crippen LogP contribution in [0.2, 0.25) is 0 Å². The molecule has 2 heterocycles. The summed E-state index contributed by atoms with van der Waals surface area (Å²) in [5.74, 6) is 8.63. The van der Waals surface area contributed by atoms with Crippen molar-refractivity contribution in [2.75, 3.05) is 5.84 Å². The van der Waals surface area contributed by atoms with Crippen molar-refractivity contribution in [3.8, 4) is 17.2 Å². The Labute approximate surface area is 185 Å². The van der Waals surface area contributed by atoms with Crippen LogP contribution in [0.15, 0.2) is 70.4 Å². The first-order chi connectivity index (χ1) is 14.9. The highest BCUT2D eigenvalue weighted by molar-refractivity contribution is 7.98. The molecule has 0 amide bonds. The maximum Gasteiger partial charge on any atom is 0.226 e. The molecule has 31 heavy (non-hydrogen) atoms. The van der Waals surface area contributed by atoms with E-state index in [1.54, 1.807) is 6.26 Å². The molecule has 7 nitrogen and oxygen atoms in total. The highest BCUT2D eigenvalue weighted by Gasteiger charge is 2.15. The number of hydrogen-bond donors (Lipinski definition) is 1. The lowest BCUT2D eigenvalue weighted by Crippen LogP contribution is -2.16. The third-order valence-electron chi connectivity index (χ3n) is 4.75. The minimum atomic E-state index is 0.105. The molecule has 2 aromatic carbocycles. The molecule has 0 atom stereocenters. The van der Waals surface area contributed by atoms with E-state index in [2.05, 4.69) is 48.1 Å². The number of oxazole rings is 1. The Balaban J connectivity index is 1.34. The van der Waals surface area contributed by atoms with Gasteiger partial charge in [0.15, 0.2) is 5.82 Å². The van der Waals surface area contributed by atoms with Gasteiger partial charge in [-0.1, -0.05) is 62.9 Å². The molecule has 0 bridgehead atoms. The Morgan fingerprint density at radius 1 is 1.03 bits per heavy atom. The van der Waals surface area contributed by atoms with E-state index in [1.165, 1.54) is 22.0 Å². The maximum atomic E-state index is 6.16. The first-order valence-corrected chi connectivity index (χ1v) is 10.9. The molecular formula is C23H25N5O2S. The van der Waals surface area contributed by atoms with Crippen LogP contribution in [0.5, 0.6) is 5.75 Å². The van der Waals surface area contributed by atoms with E-state index in [4.69, 9.17) is 15.0 Å². The summed E-state index contributed by atoms with van der Waals surface area (Å²) < 4.78 is 12.9. The molecule has 0 aliphatic carbocycles. The minimum absolute atomic E-state index is 0.105. The number of benzene rings is 2. The summed E-state index contributed by atoms with van der Waals surface area (Å²) >= 11 is 1.44. The Morgan fingerprint density at radius 3 is 2.48 bits per heavy atom. The van der Waals surface area contributed by atoms with E-state index in [9.17, 15) is 0 Å². The zero-order valence-corrected chi connectivity index (χ0v) is 18.6. The van der Waals surface area contributed by atoms with Gasteiger partial charge in [-0.05, 0) is 35.2 Å². The van der Waals surface area contributed by atoms with E-state index in [0.29, 0.717) is 22.6 Å². The lowest BCUT2D eigenvalue weighted by molar-refractivity contribution is 0.291. The summed E-state index contributed by atoms with van der Waals surface area (Å²) in [5.41, 5.74) is 3.11. The van der Waals surface area contributed by atoms with Crippen molar-refractivity contribution in [3.05, 3.63) is 77.9 Å². The topological polar surface area (TPSA) is 92.0 Å². The number of nitrogen functional groups attached to an aromatic ring is 1. The van der Waals surface area contributed by atoms with Crippen LogP contribution < -0.4 is 10.6 Å². The molecule has 0 spiro atoms. The Morgan fingerprint density at radius 2 is 1.77 bits per heavy atom. The summed E-state index contributed by atoms with van der Waals surface area (Å²) in [4.78, 5) is 4.52. The number of nitrogens with zero attached hydrogens (tertiary/aromatic N) is 4. The monoisotopic (exact) mass is 435 g/mol. The molecule has 4 aromatic rings. The van der Waals surface area contributed by atoms with Crippen molar-refractivity contribution in [2.45, 2.75) is 43.7 Å². The fraction of sp³-hybridized carbons (Fsp3) is 0.261. The fourth-order valence-corrected chi connectivity index (χ4v) is 3.68. The van der Waals surface area contributed by atoms with Crippen LogP contribution in [-0.4, -0.2) is 19.9 Å². The van der Waals surface area contributed by atoms with Gasteiger partial charge in [0, 0.05) is 11.3 Å². The third-order valence-corrected chi connectivity index (χ3v) is 5.72. The summed E-state index contributed by atoms with van der Waals surface area (Å²) in [6, 6.07) is 17.9. The Bertz CT molecular complexity index is 1130. The van der Waals surface area contributed by atoms with Crippen LogP contribution in [0.1, 0.15) is 37.9 Å².